The van der Waals surface area contributed by atoms with Crippen LogP contribution in [0.2, 0.25) is 0 Å². The Morgan fingerprint density at radius 2 is 2.35 bits per heavy atom. The van der Waals surface area contributed by atoms with E-state index in [-0.39, 0.29) is 18.3 Å². The number of furan rings is 1. The van der Waals surface area contributed by atoms with Crippen LogP contribution in [0, 0.1) is 6.92 Å². The number of hydrogen-bond acceptors (Lipinski definition) is 4. The zero-order chi connectivity index (χ0) is 15.5. The van der Waals surface area contributed by atoms with Gasteiger partial charge in [-0.2, -0.15) is 5.10 Å². The third-order valence-electron chi connectivity index (χ3n) is 4.19. The number of nitrogens with zero attached hydrogens (tertiary/aromatic N) is 3. The first kappa shape index (κ1) is 17.6. The van der Waals surface area contributed by atoms with Crippen molar-refractivity contribution < 1.29 is 9.21 Å². The fourth-order valence-corrected chi connectivity index (χ4v) is 2.81. The molecule has 1 atom stereocenters. The van der Waals surface area contributed by atoms with Crippen molar-refractivity contribution in [3.05, 3.63) is 41.6 Å². The lowest BCUT2D eigenvalue weighted by Crippen LogP contribution is -2.32. The number of carbonyl (C=O) groups excluding carboxylic acids is 1. The molecule has 1 saturated heterocycles. The fourth-order valence-electron chi connectivity index (χ4n) is 2.81. The van der Waals surface area contributed by atoms with Gasteiger partial charge in [0.25, 0.3) is 5.91 Å². The molecule has 126 valence electrons. The van der Waals surface area contributed by atoms with E-state index in [1.807, 2.05) is 23.9 Å². The van der Waals surface area contributed by atoms with Crippen molar-refractivity contribution in [2.45, 2.75) is 32.4 Å². The molecule has 0 spiro atoms. The highest BCUT2D eigenvalue weighted by Crippen LogP contribution is 2.17. The highest BCUT2D eigenvalue weighted by molar-refractivity contribution is 5.92. The largest absolute Gasteiger partial charge is 0.469 e. The second kappa shape index (κ2) is 7.66. The minimum atomic E-state index is -0.0666. The molecule has 7 heteroatoms. The van der Waals surface area contributed by atoms with Crippen molar-refractivity contribution in [2.75, 3.05) is 20.1 Å². The Morgan fingerprint density at radius 1 is 1.52 bits per heavy atom. The normalized spacial score (nSPS) is 17.6. The van der Waals surface area contributed by atoms with Gasteiger partial charge >= 0.3 is 0 Å². The first-order valence-electron chi connectivity index (χ1n) is 7.69. The van der Waals surface area contributed by atoms with E-state index >= 15 is 0 Å². The van der Waals surface area contributed by atoms with Gasteiger partial charge in [0.1, 0.15) is 11.5 Å². The van der Waals surface area contributed by atoms with E-state index < -0.39 is 0 Å². The zero-order valence-corrected chi connectivity index (χ0v) is 14.3. The molecule has 0 aromatic carbocycles. The number of carbonyl (C=O) groups is 1. The summed E-state index contributed by atoms with van der Waals surface area (Å²) in [4.78, 5) is 14.2. The summed E-state index contributed by atoms with van der Waals surface area (Å²) in [6.07, 6.45) is 5.80. The van der Waals surface area contributed by atoms with Gasteiger partial charge < -0.3 is 14.6 Å². The van der Waals surface area contributed by atoms with Gasteiger partial charge in [0.15, 0.2) is 0 Å². The van der Waals surface area contributed by atoms with Crippen LogP contribution in [0.15, 0.2) is 29.0 Å². The predicted molar refractivity (Wildman–Crippen MR) is 89.9 cm³/mol. The smallest absolute Gasteiger partial charge is 0.274 e. The molecule has 1 aliphatic rings. The Kier molecular flexibility index (Phi) is 5.85. The zero-order valence-electron chi connectivity index (χ0n) is 13.5. The second-order valence-corrected chi connectivity index (χ2v) is 5.84. The van der Waals surface area contributed by atoms with Gasteiger partial charge in [0.05, 0.1) is 12.3 Å². The molecule has 2 aromatic rings. The number of amides is 1. The molecule has 2 aromatic heterocycles. The number of hydrogen-bond donors (Lipinski definition) is 1. The van der Waals surface area contributed by atoms with Crippen molar-refractivity contribution in [2.24, 2.45) is 0 Å². The Balaban J connectivity index is 0.00000192. The molecule has 0 aliphatic carbocycles. The number of halogens is 1. The van der Waals surface area contributed by atoms with Crippen LogP contribution in [0.5, 0.6) is 0 Å². The minimum absolute atomic E-state index is 0. The van der Waals surface area contributed by atoms with E-state index in [0.29, 0.717) is 18.3 Å². The van der Waals surface area contributed by atoms with Gasteiger partial charge in [-0.1, -0.05) is 0 Å². The molecule has 1 aliphatic heterocycles. The van der Waals surface area contributed by atoms with Gasteiger partial charge in [0, 0.05) is 31.9 Å². The van der Waals surface area contributed by atoms with E-state index in [1.165, 1.54) is 0 Å². The molecule has 6 nitrogen and oxygen atoms in total. The van der Waals surface area contributed by atoms with Crippen LogP contribution in [0.25, 0.3) is 0 Å². The lowest BCUT2D eigenvalue weighted by atomic mass is 10.1. The highest BCUT2D eigenvalue weighted by Gasteiger charge is 2.20. The third-order valence-corrected chi connectivity index (χ3v) is 4.19. The molecule has 3 heterocycles. The molecule has 1 N–H and O–H groups in total. The lowest BCUT2D eigenvalue weighted by molar-refractivity contribution is 0.0777. The maximum Gasteiger partial charge on any atom is 0.274 e. The van der Waals surface area contributed by atoms with E-state index in [0.717, 1.165) is 37.3 Å². The van der Waals surface area contributed by atoms with Crippen LogP contribution >= 0.6 is 12.4 Å². The Hall–Kier alpha value is -1.79. The van der Waals surface area contributed by atoms with Gasteiger partial charge in [-0.05, 0) is 38.4 Å². The van der Waals surface area contributed by atoms with Gasteiger partial charge in [0.2, 0.25) is 0 Å². The summed E-state index contributed by atoms with van der Waals surface area (Å²) in [5, 5.41) is 7.83. The molecular weight excluding hydrogens is 316 g/mol. The maximum atomic E-state index is 12.5. The van der Waals surface area contributed by atoms with Crippen molar-refractivity contribution in [3.8, 4) is 0 Å². The standard InChI is InChI=1S/C16H22N4O2.ClH/c1-12-13(6-9-22-12)11-19(2)16(21)15-5-8-20(18-15)14-4-3-7-17-10-14;/h5-6,8-9,14,17H,3-4,7,10-11H2,1-2H3;1H. The molecule has 0 saturated carbocycles. The average molecular weight is 339 g/mol. The van der Waals surface area contributed by atoms with Gasteiger partial charge in [-0.3, -0.25) is 9.48 Å². The molecule has 0 radical (unpaired) electrons. The molecule has 1 unspecified atom stereocenters. The number of piperidine rings is 1. The monoisotopic (exact) mass is 338 g/mol. The predicted octanol–water partition coefficient (Wildman–Crippen LogP) is 2.40. The van der Waals surface area contributed by atoms with E-state index in [9.17, 15) is 4.79 Å². The number of aryl methyl sites for hydroxylation is 1. The summed E-state index contributed by atoms with van der Waals surface area (Å²) in [6.45, 7) is 4.41. The molecule has 3 rings (SSSR count). The van der Waals surface area contributed by atoms with Crippen LogP contribution in [-0.2, 0) is 6.54 Å². The van der Waals surface area contributed by atoms with Crippen LogP contribution in [0.1, 0.15) is 40.7 Å². The quantitative estimate of drug-likeness (QED) is 0.929. The lowest BCUT2D eigenvalue weighted by Gasteiger charge is -2.23. The van der Waals surface area contributed by atoms with E-state index in [2.05, 4.69) is 10.4 Å². The maximum absolute atomic E-state index is 12.5. The molecular formula is C16H23ClN4O2. The summed E-state index contributed by atoms with van der Waals surface area (Å²) >= 11 is 0. The van der Waals surface area contributed by atoms with Crippen molar-refractivity contribution >= 4 is 18.3 Å². The van der Waals surface area contributed by atoms with Gasteiger partial charge in [-0.15, -0.1) is 12.4 Å². The second-order valence-electron chi connectivity index (χ2n) is 5.84. The number of aromatic nitrogens is 2. The number of rotatable bonds is 4. The summed E-state index contributed by atoms with van der Waals surface area (Å²) in [5.41, 5.74) is 1.51. The van der Waals surface area contributed by atoms with Gasteiger partial charge in [-0.25, -0.2) is 0 Å². The van der Waals surface area contributed by atoms with E-state index in [1.54, 1.807) is 24.3 Å². The minimum Gasteiger partial charge on any atom is -0.469 e. The Labute approximate surface area is 142 Å². The fraction of sp³-hybridized carbons (Fsp3) is 0.500. The van der Waals surface area contributed by atoms with Crippen molar-refractivity contribution in [1.29, 1.82) is 0 Å². The third kappa shape index (κ3) is 3.95. The highest BCUT2D eigenvalue weighted by atomic mass is 35.5. The molecule has 0 bridgehead atoms. The van der Waals surface area contributed by atoms with Crippen LogP contribution in [0.3, 0.4) is 0 Å². The van der Waals surface area contributed by atoms with Crippen LogP contribution in [-0.4, -0.2) is 40.7 Å². The average Bonchev–Trinajstić information content (AvgIpc) is 3.17. The van der Waals surface area contributed by atoms with Crippen molar-refractivity contribution in [3.63, 3.8) is 0 Å². The molecule has 23 heavy (non-hydrogen) atoms. The first-order valence-corrected chi connectivity index (χ1v) is 7.69. The summed E-state index contributed by atoms with van der Waals surface area (Å²) in [6, 6.07) is 4.04. The molecule has 1 fully saturated rings. The summed E-state index contributed by atoms with van der Waals surface area (Å²) < 4.78 is 7.18. The topological polar surface area (TPSA) is 63.3 Å². The van der Waals surface area contributed by atoms with E-state index in [4.69, 9.17) is 4.42 Å². The number of nitrogens with one attached hydrogen (secondary N) is 1. The molecule has 1 amide bonds. The summed E-state index contributed by atoms with van der Waals surface area (Å²) in [5.74, 6) is 0.779. The summed E-state index contributed by atoms with van der Waals surface area (Å²) in [7, 11) is 1.79. The van der Waals surface area contributed by atoms with Crippen LogP contribution < -0.4 is 5.32 Å². The first-order chi connectivity index (χ1) is 10.6. The Morgan fingerprint density at radius 3 is 3.00 bits per heavy atom. The van der Waals surface area contributed by atoms with Crippen LogP contribution in [0.4, 0.5) is 0 Å². The van der Waals surface area contributed by atoms with Crippen molar-refractivity contribution in [1.82, 2.24) is 20.0 Å². The Bertz CT molecular complexity index is 646. The SMILES string of the molecule is Cc1occc1CN(C)C(=O)c1ccn(C2CCCNC2)n1.Cl.